The number of nitrogens with zero attached hydrogens (tertiary/aromatic N) is 3. The quantitative estimate of drug-likeness (QED) is 0.180. The fourth-order valence-electron chi connectivity index (χ4n) is 5.16. The van der Waals surface area contributed by atoms with E-state index in [2.05, 4.69) is 148 Å². The number of H-pyrrole nitrogens is 1. The minimum absolute atomic E-state index is 0.939. The first kappa shape index (κ1) is 33.8. The third-order valence-corrected chi connectivity index (χ3v) is 9.33. The number of pyridine rings is 2. The lowest BCUT2D eigenvalue weighted by molar-refractivity contribution is 0.772. The van der Waals surface area contributed by atoms with Gasteiger partial charge in [0.05, 0.1) is 11.0 Å². The van der Waals surface area contributed by atoms with Gasteiger partial charge in [-0.2, -0.15) is 0 Å². The summed E-state index contributed by atoms with van der Waals surface area (Å²) in [4.78, 5) is 12.1. The molecule has 7 heteroatoms. The summed E-state index contributed by atoms with van der Waals surface area (Å²) in [6.45, 7) is 4.42. The van der Waals surface area contributed by atoms with Gasteiger partial charge in [0.2, 0.25) is 0 Å². The number of hydrogen-bond acceptors (Lipinski definition) is 2. The summed E-state index contributed by atoms with van der Waals surface area (Å²) in [6, 6.07) is 41.1. The average Bonchev–Trinajstić information content (AvgIpc) is 3.65. The van der Waals surface area contributed by atoms with E-state index in [0.29, 0.717) is 0 Å². The minimum Gasteiger partial charge on any atom is -0.338 e. The molecule has 0 unspecified atom stereocenters. The van der Waals surface area contributed by atoms with Crippen LogP contribution in [0.3, 0.4) is 0 Å². The molecule has 8 aromatic rings. The highest BCUT2D eigenvalue weighted by Crippen LogP contribution is 2.35. The fraction of sp³-hybridized carbons (Fsp3) is 0.128. The maximum Gasteiger partial charge on any atom is 0.145 e. The molecule has 0 amide bonds. The highest BCUT2D eigenvalue weighted by molar-refractivity contribution is 14.1. The molecule has 0 atom stereocenters. The summed E-state index contributed by atoms with van der Waals surface area (Å²) in [5.41, 5.74) is 5.32. The van der Waals surface area contributed by atoms with E-state index in [4.69, 9.17) is 0 Å². The highest BCUT2D eigenvalue weighted by Gasteiger charge is 2.14. The van der Waals surface area contributed by atoms with Gasteiger partial charge in [0.15, 0.2) is 0 Å². The van der Waals surface area contributed by atoms with Crippen LogP contribution in [0.5, 0.6) is 0 Å². The molecule has 4 heterocycles. The van der Waals surface area contributed by atoms with Crippen molar-refractivity contribution in [1.82, 2.24) is 19.5 Å². The van der Waals surface area contributed by atoms with Crippen LogP contribution in [0, 0.1) is 3.57 Å². The third kappa shape index (κ3) is 8.06. The van der Waals surface area contributed by atoms with E-state index in [1.54, 1.807) is 6.20 Å². The van der Waals surface area contributed by atoms with Gasteiger partial charge < -0.3 is 4.98 Å². The minimum atomic E-state index is 0.939. The Kier molecular flexibility index (Phi) is 12.4. The molecule has 0 fully saturated rings. The van der Waals surface area contributed by atoms with Crippen LogP contribution in [-0.4, -0.2) is 19.5 Å². The number of benzene rings is 4. The van der Waals surface area contributed by atoms with E-state index < -0.39 is 0 Å². The Balaban J connectivity index is 0.000000138. The van der Waals surface area contributed by atoms with Crippen molar-refractivity contribution in [3.8, 4) is 5.69 Å². The largest absolute Gasteiger partial charge is 0.338 e. The van der Waals surface area contributed by atoms with Gasteiger partial charge in [-0.3, -0.25) is 4.57 Å². The number of unbranched alkanes of at least 4 members (excludes halogenated alkanes) is 2. The number of aromatic amines is 1. The SMILES string of the molecule is Brc1cccc2c1[nH]c1ncccc12.Brc1cccc2c3cccnc3n(-c3ccccc3)c12.CCCCC.Ic1ccccc1. The number of para-hydroxylation sites is 3. The van der Waals surface area contributed by atoms with E-state index in [1.807, 2.05) is 66.9 Å². The van der Waals surface area contributed by atoms with Crippen molar-refractivity contribution >= 4 is 98.3 Å². The summed E-state index contributed by atoms with van der Waals surface area (Å²) < 4.78 is 5.65. The summed E-state index contributed by atoms with van der Waals surface area (Å²) in [5.74, 6) is 0. The molecule has 0 bridgehead atoms. The van der Waals surface area contributed by atoms with Crippen LogP contribution in [-0.2, 0) is 0 Å². The molecule has 4 nitrogen and oxygen atoms in total. The van der Waals surface area contributed by atoms with Gasteiger partial charge in [0, 0.05) is 52.1 Å². The van der Waals surface area contributed by atoms with Crippen LogP contribution in [0.4, 0.5) is 0 Å². The van der Waals surface area contributed by atoms with Gasteiger partial charge in [-0.05, 0) is 115 Å². The molecule has 0 radical (unpaired) electrons. The molecule has 4 aromatic carbocycles. The molecule has 232 valence electrons. The van der Waals surface area contributed by atoms with Gasteiger partial charge in [-0.25, -0.2) is 9.97 Å². The second kappa shape index (κ2) is 16.9. The van der Waals surface area contributed by atoms with Crippen LogP contribution < -0.4 is 0 Å². The average molecular weight is 846 g/mol. The number of fused-ring (bicyclic) bond motifs is 6. The highest BCUT2D eigenvalue weighted by atomic mass is 127. The summed E-state index contributed by atoms with van der Waals surface area (Å²) >= 11 is 9.47. The van der Waals surface area contributed by atoms with Crippen molar-refractivity contribution < 1.29 is 0 Å². The lowest BCUT2D eigenvalue weighted by Gasteiger charge is -2.07. The van der Waals surface area contributed by atoms with Gasteiger partial charge in [-0.15, -0.1) is 0 Å². The second-order valence-corrected chi connectivity index (χ2v) is 13.5. The van der Waals surface area contributed by atoms with E-state index in [1.165, 1.54) is 44.4 Å². The smallest absolute Gasteiger partial charge is 0.145 e. The molecule has 4 aromatic heterocycles. The first-order chi connectivity index (χ1) is 22.5. The molecule has 0 aliphatic heterocycles. The summed E-state index contributed by atoms with van der Waals surface area (Å²) in [5, 5.41) is 4.77. The number of rotatable bonds is 3. The third-order valence-electron chi connectivity index (χ3n) is 7.31. The molecular weight excluding hydrogens is 811 g/mol. The van der Waals surface area contributed by atoms with E-state index in [-0.39, 0.29) is 0 Å². The van der Waals surface area contributed by atoms with Crippen LogP contribution in [0.15, 0.2) is 143 Å². The maximum absolute atomic E-state index is 4.58. The lowest BCUT2D eigenvalue weighted by atomic mass is 10.2. The molecule has 0 aliphatic rings. The predicted octanol–water partition coefficient (Wildman–Crippen LogP) is 12.9. The van der Waals surface area contributed by atoms with Crippen molar-refractivity contribution in [2.24, 2.45) is 0 Å². The second-order valence-electron chi connectivity index (χ2n) is 10.5. The molecule has 0 spiro atoms. The van der Waals surface area contributed by atoms with Gasteiger partial charge in [-0.1, -0.05) is 93.8 Å². The van der Waals surface area contributed by atoms with Crippen molar-refractivity contribution in [2.45, 2.75) is 33.1 Å². The van der Waals surface area contributed by atoms with Crippen molar-refractivity contribution in [1.29, 1.82) is 0 Å². The summed E-state index contributed by atoms with van der Waals surface area (Å²) in [7, 11) is 0. The van der Waals surface area contributed by atoms with Crippen LogP contribution in [0.25, 0.3) is 49.6 Å². The molecule has 0 saturated heterocycles. The number of hydrogen-bond donors (Lipinski definition) is 1. The molecule has 8 rings (SSSR count). The Morgan fingerprint density at radius 3 is 1.83 bits per heavy atom. The van der Waals surface area contributed by atoms with Crippen LogP contribution >= 0.6 is 54.5 Å². The van der Waals surface area contributed by atoms with E-state index in [9.17, 15) is 0 Å². The molecule has 1 N–H and O–H groups in total. The van der Waals surface area contributed by atoms with Gasteiger partial charge >= 0.3 is 0 Å². The van der Waals surface area contributed by atoms with E-state index in [0.717, 1.165) is 37.0 Å². The number of aromatic nitrogens is 4. The number of nitrogens with one attached hydrogen (secondary N) is 1. The Hall–Kier alpha value is -3.53. The zero-order valence-corrected chi connectivity index (χ0v) is 31.1. The van der Waals surface area contributed by atoms with Crippen molar-refractivity contribution in [2.75, 3.05) is 0 Å². The van der Waals surface area contributed by atoms with Crippen molar-refractivity contribution in [3.05, 3.63) is 146 Å². The first-order valence-corrected chi connectivity index (χ1v) is 18.0. The predicted molar refractivity (Wildman–Crippen MR) is 212 cm³/mol. The maximum atomic E-state index is 4.58. The molecule has 46 heavy (non-hydrogen) atoms. The van der Waals surface area contributed by atoms with Gasteiger partial charge in [0.25, 0.3) is 0 Å². The van der Waals surface area contributed by atoms with Crippen LogP contribution in [0.1, 0.15) is 33.1 Å². The zero-order chi connectivity index (χ0) is 32.3. The molecular formula is C39H35Br2IN4. The lowest BCUT2D eigenvalue weighted by Crippen LogP contribution is -1.95. The fourth-order valence-corrected chi connectivity index (χ4v) is 6.59. The monoisotopic (exact) mass is 844 g/mol. The Labute approximate surface area is 300 Å². The topological polar surface area (TPSA) is 46.5 Å². The van der Waals surface area contributed by atoms with E-state index >= 15 is 0 Å². The first-order valence-electron chi connectivity index (χ1n) is 15.3. The summed E-state index contributed by atoms with van der Waals surface area (Å²) in [6.07, 6.45) is 7.72. The Morgan fingerprint density at radius 1 is 0.609 bits per heavy atom. The number of halogens is 3. The standard InChI is InChI=1S/C17H11BrN2.C11H7BrN2.C6H5I.C5H12/c18-15-10-4-8-13-14-9-5-11-19-17(14)20(16(13)15)12-6-2-1-3-7-12;12-9-5-1-3-7-8-4-2-6-13-11(8)14-10(7)9;7-6-4-2-1-3-5-6;1-3-5-4-2/h1-11H;1-6H,(H,13,14);1-5H;3-5H2,1-2H3. The van der Waals surface area contributed by atoms with Crippen LogP contribution in [0.2, 0.25) is 0 Å². The molecule has 0 aliphatic carbocycles. The Bertz CT molecular complexity index is 2140. The zero-order valence-electron chi connectivity index (χ0n) is 25.8. The van der Waals surface area contributed by atoms with Crippen molar-refractivity contribution in [3.63, 3.8) is 0 Å². The normalized spacial score (nSPS) is 10.5. The Morgan fingerprint density at radius 2 is 1.20 bits per heavy atom. The molecule has 0 saturated carbocycles. The van der Waals surface area contributed by atoms with Gasteiger partial charge in [0.1, 0.15) is 11.3 Å².